The number of halogens is 8. The molecule has 13 heteroatoms. The van der Waals surface area contributed by atoms with Crippen molar-refractivity contribution in [1.82, 2.24) is 4.98 Å². The summed E-state index contributed by atoms with van der Waals surface area (Å²) in [5.41, 5.74) is -2.65. The van der Waals surface area contributed by atoms with E-state index in [1.165, 1.54) is 0 Å². The third-order valence-electron chi connectivity index (χ3n) is 1.92. The topological polar surface area (TPSA) is 56.3 Å². The number of hydrogen-bond acceptors (Lipinski definition) is 4. The van der Waals surface area contributed by atoms with Crippen LogP contribution in [0.15, 0.2) is 11.1 Å². The highest BCUT2D eigenvalue weighted by atomic mass is 35.7. The molecular weight excluding hydrogens is 375 g/mol. The number of hydrogen-bond donors (Lipinski definition) is 0. The molecular formula is C8H3Cl2F6NO3S. The molecule has 21 heavy (non-hydrogen) atoms. The maximum atomic E-state index is 12.7. The number of ether oxygens (including phenoxy) is 1. The van der Waals surface area contributed by atoms with Crippen LogP contribution < -0.4 is 4.74 Å². The van der Waals surface area contributed by atoms with Gasteiger partial charge in [0.2, 0.25) is 5.88 Å². The standard InChI is InChI=1S/C8H3Cl2F6NO3S/c9-2-3-1-4(7(11,12)13)6(21(10,18)19)17-5(3)20-8(14,15)16/h1H,2H2. The van der Waals surface area contributed by atoms with Crippen LogP contribution in [0, 0.1) is 0 Å². The quantitative estimate of drug-likeness (QED) is 0.458. The highest BCUT2D eigenvalue weighted by molar-refractivity contribution is 8.13. The summed E-state index contributed by atoms with van der Waals surface area (Å²) in [5.74, 6) is -2.26. The molecule has 120 valence electrons. The van der Waals surface area contributed by atoms with Crippen molar-refractivity contribution in [3.8, 4) is 5.88 Å². The number of pyridine rings is 1. The second kappa shape index (κ2) is 5.69. The minimum absolute atomic E-state index is 0.0797. The molecule has 4 nitrogen and oxygen atoms in total. The minimum Gasteiger partial charge on any atom is -0.387 e. The fourth-order valence-corrected chi connectivity index (χ4v) is 2.38. The average Bonchev–Trinajstić information content (AvgIpc) is 2.23. The van der Waals surface area contributed by atoms with Crippen LogP contribution in [-0.2, 0) is 21.1 Å². The van der Waals surface area contributed by atoms with E-state index in [9.17, 15) is 34.8 Å². The van der Waals surface area contributed by atoms with E-state index < -0.39 is 49.5 Å². The molecule has 1 rings (SSSR count). The Morgan fingerprint density at radius 1 is 1.19 bits per heavy atom. The van der Waals surface area contributed by atoms with Crippen LogP contribution in [0.3, 0.4) is 0 Å². The van der Waals surface area contributed by atoms with Crippen molar-refractivity contribution in [3.63, 3.8) is 0 Å². The molecule has 0 aliphatic heterocycles. The highest BCUT2D eigenvalue weighted by Crippen LogP contribution is 2.38. The van der Waals surface area contributed by atoms with Gasteiger partial charge in [-0.2, -0.15) is 18.2 Å². The molecule has 0 N–H and O–H groups in total. The Bertz CT molecular complexity index is 643. The molecule has 0 amide bonds. The first kappa shape index (κ1) is 18.1. The fourth-order valence-electron chi connectivity index (χ4n) is 1.20. The third-order valence-corrected chi connectivity index (χ3v) is 3.42. The van der Waals surface area contributed by atoms with Crippen molar-refractivity contribution in [3.05, 3.63) is 17.2 Å². The first-order chi connectivity index (χ1) is 9.25. The highest BCUT2D eigenvalue weighted by Gasteiger charge is 2.41. The lowest BCUT2D eigenvalue weighted by molar-refractivity contribution is -0.276. The van der Waals surface area contributed by atoms with E-state index in [2.05, 4.69) is 9.72 Å². The van der Waals surface area contributed by atoms with Crippen LogP contribution in [0.1, 0.15) is 11.1 Å². The molecule has 1 aromatic heterocycles. The van der Waals surface area contributed by atoms with Gasteiger partial charge in [-0.25, -0.2) is 8.42 Å². The number of alkyl halides is 7. The van der Waals surface area contributed by atoms with Crippen LogP contribution >= 0.6 is 22.3 Å². The van der Waals surface area contributed by atoms with Crippen molar-refractivity contribution < 1.29 is 39.5 Å². The lowest BCUT2D eigenvalue weighted by atomic mass is 10.2. The van der Waals surface area contributed by atoms with Crippen LogP contribution in [0.5, 0.6) is 5.88 Å². The lowest BCUT2D eigenvalue weighted by Gasteiger charge is -2.15. The molecule has 0 aliphatic carbocycles. The fraction of sp³-hybridized carbons (Fsp3) is 0.375. The molecule has 0 aromatic carbocycles. The molecule has 0 saturated heterocycles. The van der Waals surface area contributed by atoms with Crippen molar-refractivity contribution in [2.45, 2.75) is 23.4 Å². The molecule has 0 fully saturated rings. The van der Waals surface area contributed by atoms with E-state index in [-0.39, 0.29) is 6.07 Å². The predicted molar refractivity (Wildman–Crippen MR) is 58.5 cm³/mol. The summed E-state index contributed by atoms with van der Waals surface area (Å²) in [5, 5.41) is -1.80. The van der Waals surface area contributed by atoms with Gasteiger partial charge in [0.05, 0.1) is 11.4 Å². The van der Waals surface area contributed by atoms with Gasteiger partial charge in [0, 0.05) is 16.2 Å². The largest absolute Gasteiger partial charge is 0.574 e. The van der Waals surface area contributed by atoms with E-state index in [1.54, 1.807) is 0 Å². The van der Waals surface area contributed by atoms with E-state index >= 15 is 0 Å². The number of nitrogens with zero attached hydrogens (tertiary/aromatic N) is 1. The predicted octanol–water partition coefficient (Wildman–Crippen LogP) is 3.67. The molecule has 1 aromatic rings. The Labute approximate surface area is 123 Å². The molecule has 0 unspecified atom stereocenters. The van der Waals surface area contributed by atoms with Gasteiger partial charge >= 0.3 is 12.5 Å². The Hall–Kier alpha value is -0.940. The van der Waals surface area contributed by atoms with Crippen molar-refractivity contribution in [2.24, 2.45) is 0 Å². The zero-order chi connectivity index (χ0) is 16.6. The van der Waals surface area contributed by atoms with E-state index in [1.807, 2.05) is 0 Å². The minimum atomic E-state index is -5.30. The maximum Gasteiger partial charge on any atom is 0.574 e. The Morgan fingerprint density at radius 3 is 2.05 bits per heavy atom. The molecule has 0 spiro atoms. The number of aromatic nitrogens is 1. The molecule has 0 atom stereocenters. The SMILES string of the molecule is O=S(=O)(Cl)c1nc(OC(F)(F)F)c(CCl)cc1C(F)(F)F. The van der Waals surface area contributed by atoms with Gasteiger partial charge < -0.3 is 4.74 Å². The van der Waals surface area contributed by atoms with Gasteiger partial charge in [0.15, 0.2) is 5.03 Å². The van der Waals surface area contributed by atoms with Crippen LogP contribution in [0.4, 0.5) is 26.3 Å². The smallest absolute Gasteiger partial charge is 0.387 e. The molecule has 1 heterocycles. The van der Waals surface area contributed by atoms with Crippen LogP contribution in [0.25, 0.3) is 0 Å². The zero-order valence-electron chi connectivity index (χ0n) is 9.39. The summed E-state index contributed by atoms with van der Waals surface area (Å²) in [6, 6.07) is 0.0797. The van der Waals surface area contributed by atoms with E-state index in [0.717, 1.165) is 0 Å². The number of rotatable bonds is 3. The zero-order valence-corrected chi connectivity index (χ0v) is 11.7. The van der Waals surface area contributed by atoms with Crippen molar-refractivity contribution >= 4 is 31.3 Å². The van der Waals surface area contributed by atoms with E-state index in [0.29, 0.717) is 0 Å². The second-order valence-corrected chi connectivity index (χ2v) is 6.17. The summed E-state index contributed by atoms with van der Waals surface area (Å²) in [4.78, 5) is 2.70. The molecule has 0 bridgehead atoms. The van der Waals surface area contributed by atoms with Gasteiger partial charge in [0.25, 0.3) is 9.05 Å². The molecule has 0 saturated carbocycles. The van der Waals surface area contributed by atoms with Crippen LogP contribution in [0.2, 0.25) is 0 Å². The Kier molecular flexibility index (Phi) is 4.91. The summed E-state index contributed by atoms with van der Waals surface area (Å²) in [6.07, 6.45) is -10.5. The van der Waals surface area contributed by atoms with Gasteiger partial charge in [-0.1, -0.05) is 0 Å². The van der Waals surface area contributed by atoms with Gasteiger partial charge in [-0.3, -0.25) is 0 Å². The summed E-state index contributed by atoms with van der Waals surface area (Å²) < 4.78 is 99.9. The molecule has 0 radical (unpaired) electrons. The van der Waals surface area contributed by atoms with Crippen molar-refractivity contribution in [2.75, 3.05) is 0 Å². The third kappa shape index (κ3) is 4.78. The first-order valence-electron chi connectivity index (χ1n) is 4.63. The van der Waals surface area contributed by atoms with Gasteiger partial charge in [-0.15, -0.1) is 24.8 Å². The summed E-state index contributed by atoms with van der Waals surface area (Å²) in [6.45, 7) is 0. The van der Waals surface area contributed by atoms with Gasteiger partial charge in [0.1, 0.15) is 0 Å². The van der Waals surface area contributed by atoms with Crippen LogP contribution in [-0.4, -0.2) is 19.8 Å². The Morgan fingerprint density at radius 2 is 1.71 bits per heavy atom. The first-order valence-corrected chi connectivity index (χ1v) is 7.47. The maximum absolute atomic E-state index is 12.7. The normalized spacial score (nSPS) is 13.3. The average molecular weight is 378 g/mol. The summed E-state index contributed by atoms with van der Waals surface area (Å²) in [7, 11) is -0.321. The monoisotopic (exact) mass is 377 g/mol. The second-order valence-electron chi connectivity index (χ2n) is 3.42. The van der Waals surface area contributed by atoms with Crippen molar-refractivity contribution in [1.29, 1.82) is 0 Å². The molecule has 0 aliphatic rings. The lowest BCUT2D eigenvalue weighted by Crippen LogP contribution is -2.21. The summed E-state index contributed by atoms with van der Waals surface area (Å²) >= 11 is 5.21. The van der Waals surface area contributed by atoms with E-state index in [4.69, 9.17) is 22.3 Å². The Balaban J connectivity index is 3.65. The van der Waals surface area contributed by atoms with Gasteiger partial charge in [-0.05, 0) is 6.07 Å².